The third-order valence-corrected chi connectivity index (χ3v) is 5.88. The molecule has 34 heavy (non-hydrogen) atoms. The molecule has 1 atom stereocenters. The van der Waals surface area contributed by atoms with E-state index in [2.05, 4.69) is 10.3 Å². The lowest BCUT2D eigenvalue weighted by Crippen LogP contribution is -2.34. The average Bonchev–Trinajstić information content (AvgIpc) is 3.49. The molecule has 0 spiro atoms. The molecule has 5 rings (SSSR count). The van der Waals surface area contributed by atoms with Crippen molar-refractivity contribution in [2.75, 3.05) is 18.5 Å². The zero-order valence-corrected chi connectivity index (χ0v) is 18.6. The van der Waals surface area contributed by atoms with Gasteiger partial charge in [-0.3, -0.25) is 0 Å². The van der Waals surface area contributed by atoms with E-state index in [1.165, 1.54) is 6.07 Å². The van der Waals surface area contributed by atoms with E-state index >= 15 is 0 Å². The van der Waals surface area contributed by atoms with Crippen molar-refractivity contribution in [2.45, 2.75) is 25.8 Å². The second-order valence-corrected chi connectivity index (χ2v) is 8.07. The lowest BCUT2D eigenvalue weighted by Gasteiger charge is -2.23. The molecule has 1 fully saturated rings. The van der Waals surface area contributed by atoms with E-state index in [4.69, 9.17) is 9.15 Å². The SMILES string of the molecule is CCOc1ccccc1NC(=O)N1CCCC1c1nc2cc(-c3ccc(F)c(F)c3)ccc2o1. The molecule has 1 aromatic heterocycles. The summed E-state index contributed by atoms with van der Waals surface area (Å²) in [5.41, 5.74) is 3.00. The van der Waals surface area contributed by atoms with Crippen LogP contribution in [0.4, 0.5) is 19.3 Å². The molecule has 0 radical (unpaired) electrons. The molecular formula is C26H23F2N3O3. The monoisotopic (exact) mass is 463 g/mol. The molecule has 2 amide bonds. The first kappa shape index (κ1) is 21.9. The summed E-state index contributed by atoms with van der Waals surface area (Å²) in [6, 6.07) is 15.8. The minimum absolute atomic E-state index is 0.251. The van der Waals surface area contributed by atoms with Crippen LogP contribution in [-0.2, 0) is 0 Å². The van der Waals surface area contributed by atoms with Gasteiger partial charge in [0.05, 0.1) is 12.3 Å². The number of carbonyl (C=O) groups excluding carboxylic acids is 1. The Labute approximate surface area is 195 Å². The maximum atomic E-state index is 13.7. The fourth-order valence-electron chi connectivity index (χ4n) is 4.25. The number of oxazole rings is 1. The predicted molar refractivity (Wildman–Crippen MR) is 125 cm³/mol. The highest BCUT2D eigenvalue weighted by Gasteiger charge is 2.34. The molecule has 174 valence electrons. The summed E-state index contributed by atoms with van der Waals surface area (Å²) in [6.45, 7) is 2.96. The van der Waals surface area contributed by atoms with Crippen molar-refractivity contribution in [3.05, 3.63) is 78.2 Å². The Hall–Kier alpha value is -3.94. The molecular weight excluding hydrogens is 440 g/mol. The number of urea groups is 1. The number of likely N-dealkylation sites (tertiary alicyclic amines) is 1. The number of hydrogen-bond acceptors (Lipinski definition) is 4. The van der Waals surface area contributed by atoms with Gasteiger partial charge in [-0.25, -0.2) is 18.6 Å². The second-order valence-electron chi connectivity index (χ2n) is 8.07. The smallest absolute Gasteiger partial charge is 0.322 e. The fourth-order valence-corrected chi connectivity index (χ4v) is 4.25. The van der Waals surface area contributed by atoms with Crippen LogP contribution in [-0.4, -0.2) is 29.1 Å². The Morgan fingerprint density at radius 3 is 2.74 bits per heavy atom. The molecule has 1 unspecified atom stereocenters. The molecule has 0 saturated carbocycles. The summed E-state index contributed by atoms with van der Waals surface area (Å²) in [6.07, 6.45) is 1.55. The number of fused-ring (bicyclic) bond motifs is 1. The van der Waals surface area contributed by atoms with Crippen molar-refractivity contribution in [2.24, 2.45) is 0 Å². The molecule has 1 saturated heterocycles. The largest absolute Gasteiger partial charge is 0.492 e. The number of amides is 2. The van der Waals surface area contributed by atoms with Crippen LogP contribution in [0.1, 0.15) is 31.7 Å². The molecule has 0 bridgehead atoms. The van der Waals surface area contributed by atoms with Gasteiger partial charge in [-0.1, -0.05) is 24.3 Å². The van der Waals surface area contributed by atoms with Crippen molar-refractivity contribution in [1.29, 1.82) is 0 Å². The molecule has 3 aromatic carbocycles. The number of ether oxygens (including phenoxy) is 1. The third-order valence-electron chi connectivity index (χ3n) is 5.88. The van der Waals surface area contributed by atoms with Gasteiger partial charge in [0, 0.05) is 6.54 Å². The van der Waals surface area contributed by atoms with Crippen LogP contribution in [0.15, 0.2) is 65.1 Å². The summed E-state index contributed by atoms with van der Waals surface area (Å²) in [4.78, 5) is 19.4. The Balaban J connectivity index is 1.39. The Morgan fingerprint density at radius 2 is 1.91 bits per heavy atom. The molecule has 8 heteroatoms. The van der Waals surface area contributed by atoms with Gasteiger partial charge in [-0.15, -0.1) is 0 Å². The van der Waals surface area contributed by atoms with Crippen LogP contribution < -0.4 is 10.1 Å². The first-order valence-electron chi connectivity index (χ1n) is 11.2. The van der Waals surface area contributed by atoms with Crippen LogP contribution in [0.2, 0.25) is 0 Å². The fraction of sp³-hybridized carbons (Fsp3) is 0.231. The van der Waals surface area contributed by atoms with E-state index in [-0.39, 0.29) is 12.1 Å². The number of rotatable bonds is 5. The third kappa shape index (κ3) is 4.19. The van der Waals surface area contributed by atoms with E-state index in [0.717, 1.165) is 25.0 Å². The van der Waals surface area contributed by atoms with E-state index in [1.807, 2.05) is 25.1 Å². The van der Waals surface area contributed by atoms with E-state index < -0.39 is 11.6 Å². The van der Waals surface area contributed by atoms with Gasteiger partial charge in [-0.2, -0.15) is 0 Å². The van der Waals surface area contributed by atoms with Gasteiger partial charge in [0.25, 0.3) is 0 Å². The molecule has 6 nitrogen and oxygen atoms in total. The minimum atomic E-state index is -0.906. The van der Waals surface area contributed by atoms with Gasteiger partial charge >= 0.3 is 6.03 Å². The number of nitrogens with zero attached hydrogens (tertiary/aromatic N) is 2. The van der Waals surface area contributed by atoms with Crippen molar-refractivity contribution in [1.82, 2.24) is 9.88 Å². The Bertz CT molecular complexity index is 1350. The normalized spacial score (nSPS) is 15.6. The number of benzene rings is 3. The quantitative estimate of drug-likeness (QED) is 0.365. The Morgan fingerprint density at radius 1 is 1.12 bits per heavy atom. The maximum absolute atomic E-state index is 13.7. The number of aromatic nitrogens is 1. The topological polar surface area (TPSA) is 67.6 Å². The van der Waals surface area contributed by atoms with Crippen molar-refractivity contribution >= 4 is 22.8 Å². The van der Waals surface area contributed by atoms with E-state index in [0.29, 0.717) is 52.7 Å². The molecule has 1 N–H and O–H groups in total. The van der Waals surface area contributed by atoms with Crippen LogP contribution >= 0.6 is 0 Å². The molecule has 1 aliphatic rings. The van der Waals surface area contributed by atoms with E-state index in [9.17, 15) is 13.6 Å². The molecule has 4 aromatic rings. The molecule has 2 heterocycles. The second kappa shape index (κ2) is 9.13. The number of anilines is 1. The highest BCUT2D eigenvalue weighted by molar-refractivity contribution is 5.91. The molecule has 0 aliphatic carbocycles. The number of nitrogens with one attached hydrogen (secondary N) is 1. The van der Waals surface area contributed by atoms with E-state index in [1.54, 1.807) is 29.2 Å². The van der Waals surface area contributed by atoms with Crippen molar-refractivity contribution in [3.8, 4) is 16.9 Å². The molecule has 1 aliphatic heterocycles. The zero-order chi connectivity index (χ0) is 23.7. The van der Waals surface area contributed by atoms with Crippen molar-refractivity contribution < 1.29 is 22.7 Å². The Kier molecular flexibility index (Phi) is 5.88. The van der Waals surface area contributed by atoms with Gasteiger partial charge < -0.3 is 19.4 Å². The summed E-state index contributed by atoms with van der Waals surface area (Å²) in [5.74, 6) is -0.738. The summed E-state index contributed by atoms with van der Waals surface area (Å²) in [7, 11) is 0. The lowest BCUT2D eigenvalue weighted by molar-refractivity contribution is 0.198. The summed E-state index contributed by atoms with van der Waals surface area (Å²) >= 11 is 0. The summed E-state index contributed by atoms with van der Waals surface area (Å²) in [5, 5.41) is 2.94. The van der Waals surface area contributed by atoms with Gasteiger partial charge in [-0.05, 0) is 67.3 Å². The number of halogens is 2. The van der Waals surface area contributed by atoms with Gasteiger partial charge in [0.1, 0.15) is 17.3 Å². The average molecular weight is 463 g/mol. The highest BCUT2D eigenvalue weighted by Crippen LogP contribution is 2.35. The van der Waals surface area contributed by atoms with Crippen LogP contribution in [0, 0.1) is 11.6 Å². The standard InChI is InChI=1S/C26H23F2N3O3/c1-2-33-23-8-4-3-6-20(23)30-26(32)31-13-5-7-22(31)25-29-21-15-17(10-12-24(21)34-25)16-9-11-18(27)19(28)14-16/h3-4,6,8-12,14-15,22H,2,5,7,13H2,1H3,(H,30,32). The minimum Gasteiger partial charge on any atom is -0.492 e. The van der Waals surface area contributed by atoms with Gasteiger partial charge in [0.2, 0.25) is 5.89 Å². The van der Waals surface area contributed by atoms with Gasteiger partial charge in [0.15, 0.2) is 17.2 Å². The first-order valence-corrected chi connectivity index (χ1v) is 11.2. The predicted octanol–water partition coefficient (Wildman–Crippen LogP) is 6.54. The maximum Gasteiger partial charge on any atom is 0.322 e. The zero-order valence-electron chi connectivity index (χ0n) is 18.6. The van der Waals surface area contributed by atoms with Crippen LogP contribution in [0.5, 0.6) is 5.75 Å². The highest BCUT2D eigenvalue weighted by atomic mass is 19.2. The van der Waals surface area contributed by atoms with Crippen LogP contribution in [0.25, 0.3) is 22.2 Å². The number of carbonyl (C=O) groups is 1. The first-order chi connectivity index (χ1) is 16.5. The van der Waals surface area contributed by atoms with Crippen LogP contribution in [0.3, 0.4) is 0 Å². The van der Waals surface area contributed by atoms with Crippen molar-refractivity contribution in [3.63, 3.8) is 0 Å². The summed E-state index contributed by atoms with van der Waals surface area (Å²) < 4.78 is 38.6. The number of para-hydroxylation sites is 2. The number of hydrogen-bond donors (Lipinski definition) is 1. The lowest BCUT2D eigenvalue weighted by atomic mass is 10.1.